The van der Waals surface area contributed by atoms with E-state index in [-0.39, 0.29) is 5.56 Å². The van der Waals surface area contributed by atoms with Crippen LogP contribution >= 0.6 is 15.9 Å². The van der Waals surface area contributed by atoms with Gasteiger partial charge in [-0.25, -0.2) is 4.68 Å². The first-order chi connectivity index (χ1) is 7.56. The van der Waals surface area contributed by atoms with Crippen LogP contribution in [-0.4, -0.2) is 16.3 Å². The minimum absolute atomic E-state index is 0.109. The molecule has 0 amide bonds. The van der Waals surface area contributed by atoms with Crippen LogP contribution in [0.4, 0.5) is 5.69 Å². The van der Waals surface area contributed by atoms with E-state index >= 15 is 0 Å². The summed E-state index contributed by atoms with van der Waals surface area (Å²) < 4.78 is 1.98. The zero-order valence-electron chi connectivity index (χ0n) is 9.53. The molecule has 0 radical (unpaired) electrons. The SMILES string of the molecule is C=CCNc1cnn(CC(C)C)c(=O)c1Br. The molecule has 0 aliphatic carbocycles. The van der Waals surface area contributed by atoms with Crippen molar-refractivity contribution < 1.29 is 0 Å². The molecule has 0 spiro atoms. The molecule has 0 saturated heterocycles. The first-order valence-electron chi connectivity index (χ1n) is 5.16. The summed E-state index contributed by atoms with van der Waals surface area (Å²) in [5, 5.41) is 7.15. The lowest BCUT2D eigenvalue weighted by Gasteiger charge is -2.10. The van der Waals surface area contributed by atoms with Gasteiger partial charge in [0.2, 0.25) is 0 Å². The van der Waals surface area contributed by atoms with Crippen LogP contribution in [-0.2, 0) is 6.54 Å². The zero-order chi connectivity index (χ0) is 12.1. The Balaban J connectivity index is 2.98. The highest BCUT2D eigenvalue weighted by molar-refractivity contribution is 9.10. The minimum Gasteiger partial charge on any atom is -0.379 e. The van der Waals surface area contributed by atoms with Crippen molar-refractivity contribution in [1.82, 2.24) is 9.78 Å². The van der Waals surface area contributed by atoms with Gasteiger partial charge in [-0.15, -0.1) is 6.58 Å². The number of halogens is 1. The highest BCUT2D eigenvalue weighted by Crippen LogP contribution is 2.15. The van der Waals surface area contributed by atoms with Gasteiger partial charge in [0.25, 0.3) is 5.56 Å². The Morgan fingerprint density at radius 1 is 1.69 bits per heavy atom. The van der Waals surface area contributed by atoms with E-state index in [0.717, 1.165) is 0 Å². The van der Waals surface area contributed by atoms with Crippen LogP contribution in [0, 0.1) is 5.92 Å². The maximum Gasteiger partial charge on any atom is 0.283 e. The fourth-order valence-corrected chi connectivity index (χ4v) is 1.69. The Kier molecular flexibility index (Phi) is 4.73. The first-order valence-corrected chi connectivity index (χ1v) is 5.96. The molecule has 0 aliphatic rings. The summed E-state index contributed by atoms with van der Waals surface area (Å²) >= 11 is 3.28. The number of aromatic nitrogens is 2. The lowest BCUT2D eigenvalue weighted by atomic mass is 10.2. The summed E-state index contributed by atoms with van der Waals surface area (Å²) in [6.45, 7) is 8.93. The third-order valence-electron chi connectivity index (χ3n) is 1.96. The first kappa shape index (κ1) is 13.0. The van der Waals surface area contributed by atoms with Gasteiger partial charge in [-0.2, -0.15) is 5.10 Å². The fraction of sp³-hybridized carbons (Fsp3) is 0.455. The number of rotatable bonds is 5. The molecule has 0 atom stereocenters. The van der Waals surface area contributed by atoms with Crippen molar-refractivity contribution in [3.63, 3.8) is 0 Å². The van der Waals surface area contributed by atoms with Gasteiger partial charge in [-0.1, -0.05) is 19.9 Å². The molecule has 1 rings (SSSR count). The molecule has 5 heteroatoms. The average Bonchev–Trinajstić information content (AvgIpc) is 2.23. The van der Waals surface area contributed by atoms with Gasteiger partial charge in [0, 0.05) is 13.1 Å². The molecular formula is C11H16BrN3O. The topological polar surface area (TPSA) is 46.9 Å². The second-order valence-electron chi connectivity index (χ2n) is 3.92. The van der Waals surface area contributed by atoms with E-state index < -0.39 is 0 Å². The monoisotopic (exact) mass is 285 g/mol. The van der Waals surface area contributed by atoms with Crippen LogP contribution in [0.1, 0.15) is 13.8 Å². The molecule has 0 bridgehead atoms. The molecule has 0 aliphatic heterocycles. The van der Waals surface area contributed by atoms with Gasteiger partial charge >= 0.3 is 0 Å². The van der Waals surface area contributed by atoms with E-state index in [1.54, 1.807) is 12.3 Å². The van der Waals surface area contributed by atoms with Crippen molar-refractivity contribution >= 4 is 21.6 Å². The van der Waals surface area contributed by atoms with Crippen molar-refractivity contribution in [3.05, 3.63) is 33.7 Å². The zero-order valence-corrected chi connectivity index (χ0v) is 11.1. The van der Waals surface area contributed by atoms with Crippen LogP contribution in [0.25, 0.3) is 0 Å². The van der Waals surface area contributed by atoms with Gasteiger partial charge in [0.1, 0.15) is 4.47 Å². The van der Waals surface area contributed by atoms with Crippen LogP contribution < -0.4 is 10.9 Å². The fourth-order valence-electron chi connectivity index (χ4n) is 1.25. The van der Waals surface area contributed by atoms with Gasteiger partial charge < -0.3 is 5.32 Å². The van der Waals surface area contributed by atoms with Gasteiger partial charge in [0.05, 0.1) is 11.9 Å². The number of anilines is 1. The van der Waals surface area contributed by atoms with Crippen molar-refractivity contribution in [3.8, 4) is 0 Å². The molecule has 1 aromatic heterocycles. The molecule has 0 unspecified atom stereocenters. The summed E-state index contributed by atoms with van der Waals surface area (Å²) in [4.78, 5) is 11.9. The summed E-state index contributed by atoms with van der Waals surface area (Å²) in [5.74, 6) is 0.393. The summed E-state index contributed by atoms with van der Waals surface area (Å²) in [5.41, 5.74) is 0.590. The molecule has 1 N–H and O–H groups in total. The number of nitrogens with one attached hydrogen (secondary N) is 1. The quantitative estimate of drug-likeness (QED) is 0.845. The Morgan fingerprint density at radius 2 is 2.38 bits per heavy atom. The number of hydrogen-bond donors (Lipinski definition) is 1. The van der Waals surface area contributed by atoms with Crippen LogP contribution in [0.15, 0.2) is 28.1 Å². The van der Waals surface area contributed by atoms with E-state index in [0.29, 0.717) is 29.2 Å². The van der Waals surface area contributed by atoms with Gasteiger partial charge in [-0.05, 0) is 21.8 Å². The molecule has 1 aromatic rings. The summed E-state index contributed by atoms with van der Waals surface area (Å²) in [7, 11) is 0. The molecule has 88 valence electrons. The summed E-state index contributed by atoms with van der Waals surface area (Å²) in [6, 6.07) is 0. The lowest BCUT2D eigenvalue weighted by Crippen LogP contribution is -2.26. The van der Waals surface area contributed by atoms with Crippen molar-refractivity contribution in [2.24, 2.45) is 5.92 Å². The van der Waals surface area contributed by atoms with Crippen molar-refractivity contribution in [2.45, 2.75) is 20.4 Å². The van der Waals surface area contributed by atoms with E-state index in [1.807, 2.05) is 13.8 Å². The Morgan fingerprint density at radius 3 is 2.94 bits per heavy atom. The molecule has 1 heterocycles. The van der Waals surface area contributed by atoms with Crippen LogP contribution in [0.2, 0.25) is 0 Å². The van der Waals surface area contributed by atoms with Gasteiger partial charge in [-0.3, -0.25) is 4.79 Å². The van der Waals surface area contributed by atoms with Gasteiger partial charge in [0.15, 0.2) is 0 Å². The third kappa shape index (κ3) is 3.20. The maximum absolute atomic E-state index is 11.9. The second kappa shape index (κ2) is 5.84. The predicted molar refractivity (Wildman–Crippen MR) is 69.7 cm³/mol. The highest BCUT2D eigenvalue weighted by Gasteiger charge is 2.08. The molecular weight excluding hydrogens is 270 g/mol. The molecule has 4 nitrogen and oxygen atoms in total. The standard InChI is InChI=1S/C11H16BrN3O/c1-4-5-13-9-6-14-15(7-8(2)3)11(16)10(9)12/h4,6,8,13H,1,5,7H2,2-3H3. The average molecular weight is 286 g/mol. The number of hydrogen-bond acceptors (Lipinski definition) is 3. The molecule has 0 aromatic carbocycles. The predicted octanol–water partition coefficient (Wildman–Crippen LogP) is 2.26. The molecule has 16 heavy (non-hydrogen) atoms. The Hall–Kier alpha value is -1.10. The van der Waals surface area contributed by atoms with Crippen LogP contribution in [0.3, 0.4) is 0 Å². The lowest BCUT2D eigenvalue weighted by molar-refractivity contribution is 0.462. The minimum atomic E-state index is -0.109. The molecule has 0 saturated carbocycles. The third-order valence-corrected chi connectivity index (χ3v) is 2.73. The van der Waals surface area contributed by atoms with Crippen molar-refractivity contribution in [1.29, 1.82) is 0 Å². The van der Waals surface area contributed by atoms with E-state index in [4.69, 9.17) is 0 Å². The van der Waals surface area contributed by atoms with Crippen LogP contribution in [0.5, 0.6) is 0 Å². The highest BCUT2D eigenvalue weighted by atomic mass is 79.9. The van der Waals surface area contributed by atoms with Crippen molar-refractivity contribution in [2.75, 3.05) is 11.9 Å². The normalized spacial score (nSPS) is 10.5. The summed E-state index contributed by atoms with van der Waals surface area (Å²) in [6.07, 6.45) is 3.38. The second-order valence-corrected chi connectivity index (χ2v) is 4.72. The Labute approximate surface area is 103 Å². The maximum atomic E-state index is 11.9. The van der Waals surface area contributed by atoms with E-state index in [2.05, 4.69) is 32.9 Å². The Bertz CT molecular complexity index is 426. The smallest absolute Gasteiger partial charge is 0.283 e. The van der Waals surface area contributed by atoms with E-state index in [9.17, 15) is 4.79 Å². The van der Waals surface area contributed by atoms with E-state index in [1.165, 1.54) is 4.68 Å². The number of nitrogens with zero attached hydrogens (tertiary/aromatic N) is 2. The largest absolute Gasteiger partial charge is 0.379 e. The molecule has 0 fully saturated rings.